The molecule has 2 aliphatic carbocycles. The first-order valence-corrected chi connectivity index (χ1v) is 6.84. The van der Waals surface area contributed by atoms with Crippen LogP contribution < -0.4 is 5.32 Å². The summed E-state index contributed by atoms with van der Waals surface area (Å²) in [4.78, 5) is 4.50. The fourth-order valence-corrected chi connectivity index (χ4v) is 2.65. The Morgan fingerprint density at radius 3 is 2.88 bits per heavy atom. The average molecular weight is 235 g/mol. The fraction of sp³-hybridized carbons (Fsp3) is 0.846. The molecule has 2 unspecified atom stereocenters. The van der Waals surface area contributed by atoms with E-state index < -0.39 is 0 Å². The van der Waals surface area contributed by atoms with Crippen molar-refractivity contribution < 1.29 is 4.52 Å². The maximum Gasteiger partial charge on any atom is 0.240 e. The van der Waals surface area contributed by atoms with Crippen LogP contribution in [0.5, 0.6) is 0 Å². The molecule has 94 valence electrons. The molecule has 1 heterocycles. The molecule has 4 nitrogen and oxygen atoms in total. The summed E-state index contributed by atoms with van der Waals surface area (Å²) < 4.78 is 5.29. The zero-order valence-electron chi connectivity index (χ0n) is 10.5. The van der Waals surface area contributed by atoms with E-state index in [4.69, 9.17) is 4.52 Å². The molecule has 0 amide bonds. The molecule has 0 spiro atoms. The van der Waals surface area contributed by atoms with Gasteiger partial charge in [-0.05, 0) is 50.5 Å². The Balaban J connectivity index is 1.50. The molecule has 4 heteroatoms. The van der Waals surface area contributed by atoms with E-state index in [9.17, 15) is 0 Å². The second-order valence-electron chi connectivity index (χ2n) is 5.74. The van der Waals surface area contributed by atoms with Crippen LogP contribution in [0.2, 0.25) is 0 Å². The SMILES string of the molecule is CC1CCC(c2noc(CNCC3CC3)n2)C1. The molecule has 0 saturated heterocycles. The van der Waals surface area contributed by atoms with Crippen molar-refractivity contribution in [1.82, 2.24) is 15.5 Å². The number of hydrogen-bond acceptors (Lipinski definition) is 4. The summed E-state index contributed by atoms with van der Waals surface area (Å²) in [5.74, 6) is 3.92. The Morgan fingerprint density at radius 1 is 1.29 bits per heavy atom. The van der Waals surface area contributed by atoms with Crippen molar-refractivity contribution >= 4 is 0 Å². The summed E-state index contributed by atoms with van der Waals surface area (Å²) in [6.45, 7) is 4.13. The number of aromatic nitrogens is 2. The van der Waals surface area contributed by atoms with Crippen molar-refractivity contribution in [2.75, 3.05) is 6.54 Å². The minimum atomic E-state index is 0.533. The highest BCUT2D eigenvalue weighted by atomic mass is 16.5. The van der Waals surface area contributed by atoms with Gasteiger partial charge >= 0.3 is 0 Å². The number of hydrogen-bond donors (Lipinski definition) is 1. The minimum Gasteiger partial charge on any atom is -0.338 e. The van der Waals surface area contributed by atoms with E-state index in [-0.39, 0.29) is 0 Å². The zero-order chi connectivity index (χ0) is 11.7. The van der Waals surface area contributed by atoms with Gasteiger partial charge in [-0.2, -0.15) is 4.98 Å². The van der Waals surface area contributed by atoms with Crippen LogP contribution in [0.15, 0.2) is 4.52 Å². The molecule has 2 atom stereocenters. The smallest absolute Gasteiger partial charge is 0.240 e. The molecule has 1 N–H and O–H groups in total. The molecule has 0 bridgehead atoms. The summed E-state index contributed by atoms with van der Waals surface area (Å²) in [6, 6.07) is 0. The fourth-order valence-electron chi connectivity index (χ4n) is 2.65. The third-order valence-electron chi connectivity index (χ3n) is 3.95. The molecule has 3 rings (SSSR count). The second kappa shape index (κ2) is 4.77. The summed E-state index contributed by atoms with van der Waals surface area (Å²) in [5, 5.41) is 7.50. The van der Waals surface area contributed by atoms with E-state index in [2.05, 4.69) is 22.4 Å². The van der Waals surface area contributed by atoms with Crippen LogP contribution in [0.1, 0.15) is 56.7 Å². The Hall–Kier alpha value is -0.900. The van der Waals surface area contributed by atoms with Crippen molar-refractivity contribution in [3.05, 3.63) is 11.7 Å². The minimum absolute atomic E-state index is 0.533. The molecule has 1 aromatic rings. The average Bonchev–Trinajstić information content (AvgIpc) is 2.85. The van der Waals surface area contributed by atoms with Crippen LogP contribution in [0.3, 0.4) is 0 Å². The first-order valence-electron chi connectivity index (χ1n) is 6.84. The van der Waals surface area contributed by atoms with E-state index in [1.807, 2.05) is 0 Å². The van der Waals surface area contributed by atoms with Gasteiger partial charge in [-0.15, -0.1) is 0 Å². The first-order chi connectivity index (χ1) is 8.31. The van der Waals surface area contributed by atoms with Crippen molar-refractivity contribution in [1.29, 1.82) is 0 Å². The van der Waals surface area contributed by atoms with Gasteiger partial charge in [0.25, 0.3) is 0 Å². The van der Waals surface area contributed by atoms with Crippen molar-refractivity contribution in [2.45, 2.75) is 51.5 Å². The Labute approximate surface area is 102 Å². The monoisotopic (exact) mass is 235 g/mol. The van der Waals surface area contributed by atoms with Crippen LogP contribution in [-0.4, -0.2) is 16.7 Å². The van der Waals surface area contributed by atoms with E-state index >= 15 is 0 Å². The molecular formula is C13H21N3O. The van der Waals surface area contributed by atoms with Gasteiger partial charge in [0, 0.05) is 5.92 Å². The third kappa shape index (κ3) is 2.86. The predicted octanol–water partition coefficient (Wildman–Crippen LogP) is 2.47. The van der Waals surface area contributed by atoms with Gasteiger partial charge in [0.2, 0.25) is 5.89 Å². The van der Waals surface area contributed by atoms with Crippen molar-refractivity contribution in [2.24, 2.45) is 11.8 Å². The molecular weight excluding hydrogens is 214 g/mol. The lowest BCUT2D eigenvalue weighted by Gasteiger charge is -2.01. The van der Waals surface area contributed by atoms with Gasteiger partial charge in [-0.25, -0.2) is 0 Å². The van der Waals surface area contributed by atoms with Gasteiger partial charge in [0.1, 0.15) is 0 Å². The first kappa shape index (κ1) is 11.2. The summed E-state index contributed by atoms with van der Waals surface area (Å²) >= 11 is 0. The van der Waals surface area contributed by atoms with E-state index in [0.717, 1.165) is 36.6 Å². The highest BCUT2D eigenvalue weighted by molar-refractivity contribution is 4.99. The number of rotatable bonds is 5. The van der Waals surface area contributed by atoms with Gasteiger partial charge in [-0.1, -0.05) is 12.1 Å². The van der Waals surface area contributed by atoms with Gasteiger partial charge < -0.3 is 9.84 Å². The molecule has 0 aromatic carbocycles. The maximum absolute atomic E-state index is 5.29. The van der Waals surface area contributed by atoms with Crippen LogP contribution in [0, 0.1) is 11.8 Å². The van der Waals surface area contributed by atoms with Crippen LogP contribution in [-0.2, 0) is 6.54 Å². The van der Waals surface area contributed by atoms with E-state index in [1.165, 1.54) is 32.1 Å². The molecule has 2 saturated carbocycles. The molecule has 2 fully saturated rings. The van der Waals surface area contributed by atoms with Crippen LogP contribution in [0.4, 0.5) is 0 Å². The van der Waals surface area contributed by atoms with E-state index in [1.54, 1.807) is 0 Å². The molecule has 1 aromatic heterocycles. The molecule has 2 aliphatic rings. The lowest BCUT2D eigenvalue weighted by Crippen LogP contribution is -2.16. The Bertz CT molecular complexity index is 372. The highest BCUT2D eigenvalue weighted by Crippen LogP contribution is 2.36. The Morgan fingerprint density at radius 2 is 2.18 bits per heavy atom. The molecule has 0 aliphatic heterocycles. The summed E-state index contributed by atoms with van der Waals surface area (Å²) in [6.07, 6.45) is 6.49. The van der Waals surface area contributed by atoms with Crippen molar-refractivity contribution in [3.8, 4) is 0 Å². The number of nitrogens with one attached hydrogen (secondary N) is 1. The van der Waals surface area contributed by atoms with E-state index in [0.29, 0.717) is 5.92 Å². The van der Waals surface area contributed by atoms with Gasteiger partial charge in [-0.3, -0.25) is 0 Å². The van der Waals surface area contributed by atoms with Gasteiger partial charge in [0.05, 0.1) is 6.54 Å². The summed E-state index contributed by atoms with van der Waals surface area (Å²) in [7, 11) is 0. The van der Waals surface area contributed by atoms with Crippen LogP contribution >= 0.6 is 0 Å². The normalized spacial score (nSPS) is 28.8. The summed E-state index contributed by atoms with van der Waals surface area (Å²) in [5.41, 5.74) is 0. The van der Waals surface area contributed by atoms with Crippen LogP contribution in [0.25, 0.3) is 0 Å². The lowest BCUT2D eigenvalue weighted by atomic mass is 10.1. The standard InChI is InChI=1S/C13H21N3O/c1-9-2-5-11(6-9)13-15-12(17-16-13)8-14-7-10-3-4-10/h9-11,14H,2-8H2,1H3. The largest absolute Gasteiger partial charge is 0.338 e. The quantitative estimate of drug-likeness (QED) is 0.851. The maximum atomic E-state index is 5.29. The third-order valence-corrected chi connectivity index (χ3v) is 3.95. The molecule has 0 radical (unpaired) electrons. The molecule has 17 heavy (non-hydrogen) atoms. The predicted molar refractivity (Wildman–Crippen MR) is 64.5 cm³/mol. The topological polar surface area (TPSA) is 51.0 Å². The Kier molecular flexibility index (Phi) is 3.14. The van der Waals surface area contributed by atoms with Gasteiger partial charge in [0.15, 0.2) is 5.82 Å². The van der Waals surface area contributed by atoms with Crippen molar-refractivity contribution in [3.63, 3.8) is 0 Å². The number of nitrogens with zero attached hydrogens (tertiary/aromatic N) is 2. The second-order valence-corrected chi connectivity index (χ2v) is 5.74. The lowest BCUT2D eigenvalue weighted by molar-refractivity contribution is 0.359. The zero-order valence-corrected chi connectivity index (χ0v) is 10.5. The highest BCUT2D eigenvalue weighted by Gasteiger charge is 2.27.